The summed E-state index contributed by atoms with van der Waals surface area (Å²) in [7, 11) is 1.89. The van der Waals surface area contributed by atoms with Gasteiger partial charge >= 0.3 is 0 Å². The average molecular weight is 246 g/mol. The van der Waals surface area contributed by atoms with Gasteiger partial charge in [-0.05, 0) is 24.8 Å². The molecule has 0 saturated heterocycles. The molecule has 18 heavy (non-hydrogen) atoms. The number of nitrogens with zero attached hydrogens (tertiary/aromatic N) is 1. The summed E-state index contributed by atoms with van der Waals surface area (Å²) in [5, 5.41) is 0. The quantitative estimate of drug-likeness (QED) is 0.880. The zero-order valence-corrected chi connectivity index (χ0v) is 11.0. The summed E-state index contributed by atoms with van der Waals surface area (Å²) in [6.45, 7) is 0.770. The molecular weight excluding hydrogens is 224 g/mol. The Balaban J connectivity index is 1.84. The molecule has 2 unspecified atom stereocenters. The van der Waals surface area contributed by atoms with Crippen LogP contribution in [0.25, 0.3) is 0 Å². The Morgan fingerprint density at radius 1 is 1.33 bits per heavy atom. The minimum absolute atomic E-state index is 0.0470. The van der Waals surface area contributed by atoms with E-state index in [1.165, 1.54) is 5.56 Å². The van der Waals surface area contributed by atoms with Crippen LogP contribution in [0.3, 0.4) is 0 Å². The summed E-state index contributed by atoms with van der Waals surface area (Å²) in [4.78, 5) is 14.1. The van der Waals surface area contributed by atoms with Gasteiger partial charge in [-0.25, -0.2) is 0 Å². The second-order valence-corrected chi connectivity index (χ2v) is 5.20. The number of nitrogens with two attached hydrogens (primary N) is 1. The number of rotatable bonds is 4. The van der Waals surface area contributed by atoms with Crippen LogP contribution < -0.4 is 5.73 Å². The van der Waals surface area contributed by atoms with Gasteiger partial charge in [0.15, 0.2) is 0 Å². The van der Waals surface area contributed by atoms with Gasteiger partial charge in [-0.1, -0.05) is 36.8 Å². The van der Waals surface area contributed by atoms with Gasteiger partial charge < -0.3 is 10.6 Å². The lowest BCUT2D eigenvalue weighted by molar-refractivity contribution is -0.134. The highest BCUT2D eigenvalue weighted by molar-refractivity contribution is 5.79. The van der Waals surface area contributed by atoms with Crippen LogP contribution in [-0.4, -0.2) is 30.4 Å². The molecule has 0 bridgehead atoms. The predicted octanol–water partition coefficient (Wildman–Crippen LogP) is 1.81. The Bertz CT molecular complexity index is 391. The van der Waals surface area contributed by atoms with Crippen molar-refractivity contribution in [2.45, 2.75) is 31.7 Å². The first-order valence-electron chi connectivity index (χ1n) is 6.73. The van der Waals surface area contributed by atoms with Crippen LogP contribution in [0.1, 0.15) is 24.8 Å². The molecule has 3 nitrogen and oxygen atoms in total. The number of hydrogen-bond donors (Lipinski definition) is 1. The molecule has 1 fully saturated rings. The first-order valence-corrected chi connectivity index (χ1v) is 6.73. The number of benzene rings is 1. The summed E-state index contributed by atoms with van der Waals surface area (Å²) in [5.41, 5.74) is 7.25. The van der Waals surface area contributed by atoms with E-state index >= 15 is 0 Å². The van der Waals surface area contributed by atoms with E-state index in [9.17, 15) is 4.79 Å². The van der Waals surface area contributed by atoms with Gasteiger partial charge in [-0.2, -0.15) is 0 Å². The average Bonchev–Trinajstić information content (AvgIpc) is 2.82. The molecular formula is C15H22N2O. The topological polar surface area (TPSA) is 46.3 Å². The molecule has 0 spiro atoms. The Kier molecular flexibility index (Phi) is 4.37. The molecule has 1 aromatic rings. The Hall–Kier alpha value is -1.35. The lowest BCUT2D eigenvalue weighted by Crippen LogP contribution is -2.40. The van der Waals surface area contributed by atoms with E-state index in [0.29, 0.717) is 0 Å². The Morgan fingerprint density at radius 3 is 2.67 bits per heavy atom. The maximum atomic E-state index is 12.2. The first-order chi connectivity index (χ1) is 8.68. The van der Waals surface area contributed by atoms with Crippen LogP contribution >= 0.6 is 0 Å². The monoisotopic (exact) mass is 246 g/mol. The minimum atomic E-state index is 0.0470. The van der Waals surface area contributed by atoms with Crippen LogP contribution in [0, 0.1) is 5.92 Å². The SMILES string of the molecule is CN(CCc1ccccc1)C(=O)C1CCCC1N. The molecule has 0 aliphatic heterocycles. The summed E-state index contributed by atoms with van der Waals surface area (Å²) >= 11 is 0. The predicted molar refractivity (Wildman–Crippen MR) is 73.1 cm³/mol. The van der Waals surface area contributed by atoms with E-state index in [1.54, 1.807) is 0 Å². The van der Waals surface area contributed by atoms with Crippen molar-refractivity contribution >= 4 is 5.91 Å². The summed E-state index contributed by atoms with van der Waals surface area (Å²) < 4.78 is 0. The maximum absolute atomic E-state index is 12.2. The Labute approximate surface area is 109 Å². The van der Waals surface area contributed by atoms with Crippen molar-refractivity contribution in [3.63, 3.8) is 0 Å². The number of amides is 1. The normalized spacial score (nSPS) is 23.0. The lowest BCUT2D eigenvalue weighted by atomic mass is 10.0. The molecule has 2 N–H and O–H groups in total. The molecule has 1 aliphatic carbocycles. The molecule has 98 valence electrons. The second kappa shape index (κ2) is 6.01. The molecule has 3 heteroatoms. The van der Waals surface area contributed by atoms with E-state index < -0.39 is 0 Å². The fourth-order valence-corrected chi connectivity index (χ4v) is 2.63. The highest BCUT2D eigenvalue weighted by atomic mass is 16.2. The van der Waals surface area contributed by atoms with Crippen molar-refractivity contribution in [2.24, 2.45) is 11.7 Å². The molecule has 0 heterocycles. The maximum Gasteiger partial charge on any atom is 0.226 e. The zero-order chi connectivity index (χ0) is 13.0. The standard InChI is InChI=1S/C15H22N2O/c1-17(11-10-12-6-3-2-4-7-12)15(18)13-8-5-9-14(13)16/h2-4,6-7,13-14H,5,8-11,16H2,1H3. The van der Waals surface area contributed by atoms with Gasteiger partial charge in [0.05, 0.1) is 5.92 Å². The largest absolute Gasteiger partial charge is 0.345 e. The van der Waals surface area contributed by atoms with Crippen molar-refractivity contribution in [2.75, 3.05) is 13.6 Å². The first kappa shape index (κ1) is 13.1. The van der Waals surface area contributed by atoms with Crippen LogP contribution in [0.4, 0.5) is 0 Å². The molecule has 0 aromatic heterocycles. The Morgan fingerprint density at radius 2 is 2.06 bits per heavy atom. The molecule has 2 atom stereocenters. The molecule has 2 rings (SSSR count). The van der Waals surface area contributed by atoms with E-state index in [-0.39, 0.29) is 17.9 Å². The number of carbonyl (C=O) groups is 1. The van der Waals surface area contributed by atoms with Gasteiger partial charge in [-0.3, -0.25) is 4.79 Å². The fourth-order valence-electron chi connectivity index (χ4n) is 2.63. The molecule has 1 amide bonds. The van der Waals surface area contributed by atoms with Gasteiger partial charge in [0.1, 0.15) is 0 Å². The molecule has 0 radical (unpaired) electrons. The van der Waals surface area contributed by atoms with Crippen molar-refractivity contribution in [3.8, 4) is 0 Å². The highest BCUT2D eigenvalue weighted by Gasteiger charge is 2.31. The van der Waals surface area contributed by atoms with Crippen molar-refractivity contribution in [1.29, 1.82) is 0 Å². The van der Waals surface area contributed by atoms with Crippen LogP contribution in [0.2, 0.25) is 0 Å². The molecule has 1 aromatic carbocycles. The van der Waals surface area contributed by atoms with Crippen LogP contribution in [-0.2, 0) is 11.2 Å². The summed E-state index contributed by atoms with van der Waals surface area (Å²) in [6, 6.07) is 10.3. The van der Waals surface area contributed by atoms with Crippen molar-refractivity contribution in [1.82, 2.24) is 4.90 Å². The van der Waals surface area contributed by atoms with Gasteiger partial charge in [0.2, 0.25) is 5.91 Å². The van der Waals surface area contributed by atoms with Crippen LogP contribution in [0.5, 0.6) is 0 Å². The third-order valence-corrected chi connectivity index (χ3v) is 3.84. The summed E-state index contributed by atoms with van der Waals surface area (Å²) in [6.07, 6.45) is 3.94. The fraction of sp³-hybridized carbons (Fsp3) is 0.533. The number of hydrogen-bond acceptors (Lipinski definition) is 2. The van der Waals surface area contributed by atoms with E-state index in [2.05, 4.69) is 12.1 Å². The van der Waals surface area contributed by atoms with Gasteiger partial charge in [0.25, 0.3) is 0 Å². The highest BCUT2D eigenvalue weighted by Crippen LogP contribution is 2.25. The third-order valence-electron chi connectivity index (χ3n) is 3.84. The lowest BCUT2D eigenvalue weighted by Gasteiger charge is -2.23. The van der Waals surface area contributed by atoms with Crippen molar-refractivity contribution in [3.05, 3.63) is 35.9 Å². The van der Waals surface area contributed by atoms with E-state index in [0.717, 1.165) is 32.2 Å². The van der Waals surface area contributed by atoms with Gasteiger partial charge in [0, 0.05) is 19.6 Å². The van der Waals surface area contributed by atoms with Crippen molar-refractivity contribution < 1.29 is 4.79 Å². The summed E-state index contributed by atoms with van der Waals surface area (Å²) in [5.74, 6) is 0.265. The second-order valence-electron chi connectivity index (χ2n) is 5.20. The third kappa shape index (κ3) is 3.10. The number of carbonyl (C=O) groups excluding carboxylic acids is 1. The van der Waals surface area contributed by atoms with Crippen LogP contribution in [0.15, 0.2) is 30.3 Å². The molecule has 1 aliphatic rings. The van der Waals surface area contributed by atoms with E-state index in [1.807, 2.05) is 30.1 Å². The smallest absolute Gasteiger partial charge is 0.226 e. The van der Waals surface area contributed by atoms with Gasteiger partial charge in [-0.15, -0.1) is 0 Å². The van der Waals surface area contributed by atoms with E-state index in [4.69, 9.17) is 5.73 Å². The minimum Gasteiger partial charge on any atom is -0.345 e. The number of likely N-dealkylation sites (N-methyl/N-ethyl adjacent to an activating group) is 1. The zero-order valence-electron chi connectivity index (χ0n) is 11.0. The molecule has 1 saturated carbocycles.